The van der Waals surface area contributed by atoms with Crippen molar-refractivity contribution < 1.29 is 19.1 Å². The van der Waals surface area contributed by atoms with E-state index in [4.69, 9.17) is 15.9 Å². The number of hydrogen-bond donors (Lipinski definition) is 2. The van der Waals surface area contributed by atoms with Gasteiger partial charge in [-0.05, 0) is 17.7 Å². The summed E-state index contributed by atoms with van der Waals surface area (Å²) in [5.41, 5.74) is 6.52. The monoisotopic (exact) mass is 474 g/mol. The predicted molar refractivity (Wildman–Crippen MR) is 127 cm³/mol. The minimum atomic E-state index is -0.733. The molecule has 1 fully saturated rings. The molecule has 0 radical (unpaired) electrons. The fourth-order valence-electron chi connectivity index (χ4n) is 3.52. The maximum Gasteiger partial charge on any atom is 0.323 e. The molecule has 1 aliphatic rings. The van der Waals surface area contributed by atoms with Crippen molar-refractivity contribution in [2.45, 2.75) is 33.3 Å². The van der Waals surface area contributed by atoms with E-state index in [1.165, 1.54) is 4.90 Å². The number of hydrogen-bond acceptors (Lipinski definition) is 7. The minimum Gasteiger partial charge on any atom is -0.458 e. The average Bonchev–Trinajstić information content (AvgIpc) is 3.24. The fraction of sp³-hybridized carbons (Fsp3) is 0.280. The van der Waals surface area contributed by atoms with Crippen LogP contribution in [0.25, 0.3) is 0 Å². The SMILES string of the molecule is CC(C)(C)C(=O)N1CC(c2nc(OCc3ccc(C(=N)N)cc3)n(C(=O)c3ccccc3)n2)C1=O. The first-order valence-corrected chi connectivity index (χ1v) is 11.0. The standard InChI is InChI=1S/C25H26N6O4/c1-25(2,3)23(34)30-13-18(22(30)33)20-28-24(31(29-20)21(32)17-7-5-4-6-8-17)35-14-15-9-11-16(12-10-15)19(26)27/h4-12,18H,13-14H2,1-3H3,(H3,26,27). The van der Waals surface area contributed by atoms with Crippen molar-refractivity contribution in [1.82, 2.24) is 19.7 Å². The van der Waals surface area contributed by atoms with Crippen LogP contribution < -0.4 is 10.5 Å². The first-order chi connectivity index (χ1) is 16.6. The zero-order valence-corrected chi connectivity index (χ0v) is 19.7. The van der Waals surface area contributed by atoms with Crippen LogP contribution in [0.5, 0.6) is 6.01 Å². The number of β-lactam (4-membered cyclic amide) rings is 1. The van der Waals surface area contributed by atoms with E-state index in [1.54, 1.807) is 75.4 Å². The molecular formula is C25H26N6O4. The van der Waals surface area contributed by atoms with Crippen molar-refractivity contribution in [3.05, 3.63) is 77.1 Å². The van der Waals surface area contributed by atoms with Crippen LogP contribution in [0.4, 0.5) is 0 Å². The molecule has 10 heteroatoms. The second-order valence-corrected chi connectivity index (χ2v) is 9.29. The lowest BCUT2D eigenvalue weighted by Crippen LogP contribution is -2.57. The molecule has 1 atom stereocenters. The van der Waals surface area contributed by atoms with Gasteiger partial charge in [0, 0.05) is 23.1 Å². The molecule has 2 amide bonds. The Morgan fingerprint density at radius 3 is 2.31 bits per heavy atom. The number of ether oxygens (including phenoxy) is 1. The number of amides is 2. The van der Waals surface area contributed by atoms with Gasteiger partial charge in [0.2, 0.25) is 11.8 Å². The van der Waals surface area contributed by atoms with Crippen LogP contribution in [-0.2, 0) is 16.2 Å². The molecule has 0 saturated carbocycles. The molecule has 180 valence electrons. The van der Waals surface area contributed by atoms with Crippen LogP contribution in [0.15, 0.2) is 54.6 Å². The van der Waals surface area contributed by atoms with Gasteiger partial charge in [-0.25, -0.2) is 0 Å². The van der Waals surface area contributed by atoms with Crippen molar-refractivity contribution in [3.63, 3.8) is 0 Å². The van der Waals surface area contributed by atoms with Crippen LogP contribution in [0, 0.1) is 10.8 Å². The van der Waals surface area contributed by atoms with Crippen LogP contribution in [0.3, 0.4) is 0 Å². The average molecular weight is 475 g/mol. The van der Waals surface area contributed by atoms with Gasteiger partial charge in [-0.15, -0.1) is 9.78 Å². The summed E-state index contributed by atoms with van der Waals surface area (Å²) >= 11 is 0. The van der Waals surface area contributed by atoms with Crippen molar-refractivity contribution in [3.8, 4) is 6.01 Å². The number of nitrogen functional groups attached to an aromatic ring is 1. The quantitative estimate of drug-likeness (QED) is 0.317. The highest BCUT2D eigenvalue weighted by Crippen LogP contribution is 2.32. The minimum absolute atomic E-state index is 0.0422. The molecule has 10 nitrogen and oxygen atoms in total. The first-order valence-electron chi connectivity index (χ1n) is 11.0. The summed E-state index contributed by atoms with van der Waals surface area (Å²) in [5, 5.41) is 11.8. The zero-order chi connectivity index (χ0) is 25.3. The number of carbonyl (C=O) groups is 3. The third-order valence-corrected chi connectivity index (χ3v) is 5.57. The molecule has 0 spiro atoms. The van der Waals surface area contributed by atoms with E-state index in [-0.39, 0.29) is 36.7 Å². The van der Waals surface area contributed by atoms with Gasteiger partial charge >= 0.3 is 6.01 Å². The van der Waals surface area contributed by atoms with Gasteiger partial charge in [0.1, 0.15) is 18.4 Å². The lowest BCUT2D eigenvalue weighted by molar-refractivity contribution is -0.159. The molecule has 1 saturated heterocycles. The van der Waals surface area contributed by atoms with Crippen LogP contribution in [0.2, 0.25) is 0 Å². The highest BCUT2D eigenvalue weighted by molar-refractivity contribution is 6.05. The topological polar surface area (TPSA) is 144 Å². The highest BCUT2D eigenvalue weighted by Gasteiger charge is 2.47. The second kappa shape index (κ2) is 9.13. The Labute approximate surface area is 202 Å². The highest BCUT2D eigenvalue weighted by atomic mass is 16.5. The van der Waals surface area contributed by atoms with Gasteiger partial charge in [-0.1, -0.05) is 63.2 Å². The molecule has 3 N–H and O–H groups in total. The number of likely N-dealkylation sites (tertiary alicyclic amines) is 1. The van der Waals surface area contributed by atoms with Gasteiger partial charge in [0.25, 0.3) is 5.91 Å². The smallest absolute Gasteiger partial charge is 0.323 e. The number of nitrogens with zero attached hydrogens (tertiary/aromatic N) is 4. The van der Waals surface area contributed by atoms with E-state index in [0.29, 0.717) is 11.1 Å². The Hall–Kier alpha value is -4.34. The molecule has 0 bridgehead atoms. The van der Waals surface area contributed by atoms with Gasteiger partial charge in [0.05, 0.1) is 0 Å². The lowest BCUT2D eigenvalue weighted by atomic mass is 9.89. The summed E-state index contributed by atoms with van der Waals surface area (Å²) in [6.07, 6.45) is 0. The largest absolute Gasteiger partial charge is 0.458 e. The van der Waals surface area contributed by atoms with Gasteiger partial charge in [-0.2, -0.15) is 4.98 Å². The molecule has 1 aromatic heterocycles. The van der Waals surface area contributed by atoms with Crippen molar-refractivity contribution >= 4 is 23.6 Å². The molecule has 1 unspecified atom stereocenters. The number of carbonyl (C=O) groups excluding carboxylic acids is 3. The summed E-state index contributed by atoms with van der Waals surface area (Å²) in [6.45, 7) is 5.46. The summed E-state index contributed by atoms with van der Waals surface area (Å²) in [5.74, 6) is -1.78. The summed E-state index contributed by atoms with van der Waals surface area (Å²) in [7, 11) is 0. The Bertz CT molecular complexity index is 1290. The zero-order valence-electron chi connectivity index (χ0n) is 19.7. The van der Waals surface area contributed by atoms with Gasteiger partial charge < -0.3 is 10.5 Å². The number of imide groups is 1. The summed E-state index contributed by atoms with van der Waals surface area (Å²) in [6, 6.07) is 15.4. The maximum absolute atomic E-state index is 13.1. The number of benzene rings is 2. The van der Waals surface area contributed by atoms with Gasteiger partial charge in [-0.3, -0.25) is 24.7 Å². The third kappa shape index (κ3) is 4.81. The molecule has 3 aromatic rings. The molecular weight excluding hydrogens is 448 g/mol. The normalized spacial score (nSPS) is 15.5. The van der Waals surface area contributed by atoms with Crippen molar-refractivity contribution in [2.75, 3.05) is 6.54 Å². The Morgan fingerprint density at radius 1 is 1.09 bits per heavy atom. The second-order valence-electron chi connectivity index (χ2n) is 9.29. The van der Waals surface area contributed by atoms with E-state index in [0.717, 1.165) is 10.2 Å². The van der Waals surface area contributed by atoms with Crippen LogP contribution in [-0.4, -0.2) is 49.8 Å². The van der Waals surface area contributed by atoms with Crippen LogP contribution >= 0.6 is 0 Å². The number of nitrogens with one attached hydrogen (secondary N) is 1. The molecule has 2 aromatic carbocycles. The number of amidine groups is 1. The van der Waals surface area contributed by atoms with Crippen LogP contribution in [0.1, 0.15) is 54.0 Å². The van der Waals surface area contributed by atoms with Crippen molar-refractivity contribution in [2.24, 2.45) is 11.1 Å². The van der Waals surface area contributed by atoms with E-state index in [1.807, 2.05) is 0 Å². The Kier molecular flexibility index (Phi) is 6.21. The summed E-state index contributed by atoms with van der Waals surface area (Å²) in [4.78, 5) is 43.9. The molecule has 1 aliphatic heterocycles. The van der Waals surface area contributed by atoms with E-state index < -0.39 is 23.1 Å². The third-order valence-electron chi connectivity index (χ3n) is 5.57. The Balaban J connectivity index is 1.59. The summed E-state index contributed by atoms with van der Waals surface area (Å²) < 4.78 is 6.86. The van der Waals surface area contributed by atoms with E-state index in [2.05, 4.69) is 10.1 Å². The lowest BCUT2D eigenvalue weighted by Gasteiger charge is -2.38. The fourth-order valence-corrected chi connectivity index (χ4v) is 3.52. The predicted octanol–water partition coefficient (Wildman–Crippen LogP) is 2.33. The van der Waals surface area contributed by atoms with E-state index >= 15 is 0 Å². The number of aromatic nitrogens is 3. The number of rotatable bonds is 6. The van der Waals surface area contributed by atoms with Gasteiger partial charge in [0.15, 0.2) is 5.82 Å². The molecule has 4 rings (SSSR count). The molecule has 35 heavy (non-hydrogen) atoms. The van der Waals surface area contributed by atoms with Crippen molar-refractivity contribution in [1.29, 1.82) is 5.41 Å². The first kappa shape index (κ1) is 23.8. The maximum atomic E-state index is 13.1. The van der Waals surface area contributed by atoms with E-state index in [9.17, 15) is 14.4 Å². The molecule has 0 aliphatic carbocycles. The molecule has 2 heterocycles. The Morgan fingerprint density at radius 2 is 1.74 bits per heavy atom. The number of nitrogens with two attached hydrogens (primary N) is 1.